The minimum atomic E-state index is -0.733. The molecule has 1 aromatic carbocycles. The van der Waals surface area contributed by atoms with Crippen LogP contribution in [0.3, 0.4) is 0 Å². The van der Waals surface area contributed by atoms with E-state index in [-0.39, 0.29) is 11.1 Å². The van der Waals surface area contributed by atoms with Crippen LogP contribution in [0.2, 0.25) is 0 Å². The Bertz CT molecular complexity index is 968. The van der Waals surface area contributed by atoms with Crippen LogP contribution >= 0.6 is 0 Å². The lowest BCUT2D eigenvalue weighted by Gasteiger charge is -2.46. The number of benzene rings is 1. The van der Waals surface area contributed by atoms with Crippen LogP contribution in [0.15, 0.2) is 47.9 Å². The predicted molar refractivity (Wildman–Crippen MR) is 126 cm³/mol. The van der Waals surface area contributed by atoms with E-state index in [2.05, 4.69) is 0 Å². The topological polar surface area (TPSA) is 99.5 Å². The Balaban J connectivity index is 1.84. The van der Waals surface area contributed by atoms with E-state index in [0.717, 1.165) is 0 Å². The van der Waals surface area contributed by atoms with Gasteiger partial charge in [-0.2, -0.15) is 10.1 Å². The molecule has 0 saturated heterocycles. The Kier molecular flexibility index (Phi) is 6.60. The maximum absolute atomic E-state index is 13.1. The number of ether oxygens (including phenoxy) is 2. The molecule has 2 aliphatic heterocycles. The predicted octanol–water partition coefficient (Wildman–Crippen LogP) is 5.07. The summed E-state index contributed by atoms with van der Waals surface area (Å²) in [5.41, 5.74) is -2.56. The smallest absolute Gasteiger partial charge is 0.344 e. The molecule has 34 heavy (non-hydrogen) atoms. The highest BCUT2D eigenvalue weighted by atomic mass is 16.6. The van der Waals surface area contributed by atoms with Crippen molar-refractivity contribution in [2.75, 3.05) is 0 Å². The Labute approximate surface area is 201 Å². The van der Waals surface area contributed by atoms with Crippen LogP contribution in [0.25, 0.3) is 0 Å². The van der Waals surface area contributed by atoms with Crippen LogP contribution in [-0.4, -0.2) is 54.6 Å². The number of esters is 2. The quantitative estimate of drug-likeness (QED) is 0.586. The van der Waals surface area contributed by atoms with Gasteiger partial charge in [-0.3, -0.25) is 0 Å². The third kappa shape index (κ3) is 5.10. The summed E-state index contributed by atoms with van der Waals surface area (Å²) in [6.45, 7) is 14.7. The second-order valence-electron chi connectivity index (χ2n) is 11.5. The lowest BCUT2D eigenvalue weighted by atomic mass is 9.86. The third-order valence-corrected chi connectivity index (χ3v) is 6.30. The first kappa shape index (κ1) is 26.1. The van der Waals surface area contributed by atoms with Gasteiger partial charge in [-0.05, 0) is 79.7 Å². The molecular formula is C26H36N2O6. The molecular weight excluding hydrogens is 436 g/mol. The molecule has 0 atom stereocenters. The van der Waals surface area contributed by atoms with E-state index >= 15 is 0 Å². The molecule has 0 amide bonds. The molecule has 2 N–H and O–H groups in total. The van der Waals surface area contributed by atoms with Gasteiger partial charge in [-0.25, -0.2) is 9.59 Å². The molecule has 3 rings (SSSR count). The first-order valence-corrected chi connectivity index (χ1v) is 11.4. The Morgan fingerprint density at radius 3 is 1.32 bits per heavy atom. The zero-order valence-electron chi connectivity index (χ0n) is 21.3. The van der Waals surface area contributed by atoms with E-state index < -0.39 is 34.1 Å². The standard InChI is InChI=1S/C26H36N2O6/c1-23(2)13-17(14-24(3,4)27(23)31)33-21(29)19-11-9-10-12-20(19)22(30)34-18-15-25(5,6)28(32)26(7,8)16-18/h9-13,15,31-32H,14,16H2,1-8H3. The molecule has 0 aliphatic carbocycles. The third-order valence-electron chi connectivity index (χ3n) is 6.30. The van der Waals surface area contributed by atoms with Crippen molar-refractivity contribution in [1.29, 1.82) is 0 Å². The van der Waals surface area contributed by atoms with Gasteiger partial charge in [0.15, 0.2) is 0 Å². The fraction of sp³-hybridized carbons (Fsp3) is 0.538. The van der Waals surface area contributed by atoms with E-state index in [1.165, 1.54) is 22.3 Å². The van der Waals surface area contributed by atoms with Gasteiger partial charge in [0.1, 0.15) is 11.5 Å². The highest BCUT2D eigenvalue weighted by Gasteiger charge is 2.43. The first-order chi connectivity index (χ1) is 15.5. The van der Waals surface area contributed by atoms with Crippen molar-refractivity contribution >= 4 is 11.9 Å². The number of rotatable bonds is 4. The van der Waals surface area contributed by atoms with E-state index in [9.17, 15) is 20.0 Å². The van der Waals surface area contributed by atoms with Gasteiger partial charge in [0.25, 0.3) is 0 Å². The molecule has 2 heterocycles. The number of carbonyl (C=O) groups excluding carboxylic acids is 2. The number of hydrogen-bond acceptors (Lipinski definition) is 8. The molecule has 0 radical (unpaired) electrons. The maximum Gasteiger partial charge on any atom is 0.344 e. The largest absolute Gasteiger partial charge is 0.428 e. The van der Waals surface area contributed by atoms with Crippen molar-refractivity contribution in [3.8, 4) is 0 Å². The summed E-state index contributed by atoms with van der Waals surface area (Å²) >= 11 is 0. The molecule has 0 bridgehead atoms. The van der Waals surface area contributed by atoms with E-state index in [4.69, 9.17) is 9.47 Å². The molecule has 8 heteroatoms. The molecule has 1 aromatic rings. The van der Waals surface area contributed by atoms with Gasteiger partial charge in [0, 0.05) is 23.9 Å². The lowest BCUT2D eigenvalue weighted by Crippen LogP contribution is -2.55. The molecule has 8 nitrogen and oxygen atoms in total. The Morgan fingerprint density at radius 1 is 0.706 bits per heavy atom. The fourth-order valence-electron chi connectivity index (χ4n) is 4.89. The summed E-state index contributed by atoms with van der Waals surface area (Å²) in [4.78, 5) is 26.2. The number of nitrogens with zero attached hydrogens (tertiary/aromatic N) is 2. The Morgan fingerprint density at radius 2 is 1.03 bits per heavy atom. The summed E-state index contributed by atoms with van der Waals surface area (Å²) in [5.74, 6) is -0.488. The second-order valence-corrected chi connectivity index (χ2v) is 11.5. The van der Waals surface area contributed by atoms with E-state index in [1.54, 1.807) is 24.3 Å². The molecule has 0 spiro atoms. The summed E-state index contributed by atoms with van der Waals surface area (Å²) in [6.07, 6.45) is 4.05. The minimum absolute atomic E-state index is 0.0918. The van der Waals surface area contributed by atoms with Gasteiger partial charge >= 0.3 is 11.9 Å². The first-order valence-electron chi connectivity index (χ1n) is 11.4. The van der Waals surface area contributed by atoms with Crippen molar-refractivity contribution in [3.63, 3.8) is 0 Å². The molecule has 186 valence electrons. The van der Waals surface area contributed by atoms with E-state index in [0.29, 0.717) is 24.4 Å². The average Bonchev–Trinajstić information content (AvgIpc) is 2.69. The van der Waals surface area contributed by atoms with Gasteiger partial charge in [-0.15, -0.1) is 0 Å². The summed E-state index contributed by atoms with van der Waals surface area (Å²) in [7, 11) is 0. The van der Waals surface area contributed by atoms with Crippen LogP contribution in [0, 0.1) is 0 Å². The zero-order chi connectivity index (χ0) is 25.7. The Hall–Kier alpha value is -2.52. The summed E-state index contributed by atoms with van der Waals surface area (Å²) in [5, 5.41) is 23.4. The number of hydrogen-bond donors (Lipinski definition) is 2. The van der Waals surface area contributed by atoms with Gasteiger partial charge in [0.05, 0.1) is 22.2 Å². The molecule has 0 aromatic heterocycles. The minimum Gasteiger partial charge on any atom is -0.428 e. The average molecular weight is 473 g/mol. The molecule has 0 unspecified atom stereocenters. The SMILES string of the molecule is CC1(C)C=C(OC(=O)c2ccccc2C(=O)OC2=CC(C)(C)N(O)C(C)(C)C2)CC(C)(C)N1O. The van der Waals surface area contributed by atoms with Crippen molar-refractivity contribution in [1.82, 2.24) is 10.1 Å². The summed E-state index contributed by atoms with van der Waals surface area (Å²) in [6, 6.07) is 6.36. The highest BCUT2D eigenvalue weighted by molar-refractivity contribution is 6.03. The number of carbonyl (C=O) groups is 2. The normalized spacial score (nSPS) is 23.5. The fourth-order valence-corrected chi connectivity index (χ4v) is 4.89. The monoisotopic (exact) mass is 472 g/mol. The maximum atomic E-state index is 13.1. The second kappa shape index (κ2) is 8.61. The molecule has 0 fully saturated rings. The molecule has 2 aliphatic rings. The van der Waals surface area contributed by atoms with Crippen LogP contribution in [-0.2, 0) is 9.47 Å². The van der Waals surface area contributed by atoms with Crippen molar-refractivity contribution in [2.45, 2.75) is 90.4 Å². The van der Waals surface area contributed by atoms with Crippen LogP contribution < -0.4 is 0 Å². The van der Waals surface area contributed by atoms with Crippen LogP contribution in [0.5, 0.6) is 0 Å². The van der Waals surface area contributed by atoms with Gasteiger partial charge in [-0.1, -0.05) is 12.1 Å². The van der Waals surface area contributed by atoms with Crippen LogP contribution in [0.1, 0.15) is 88.9 Å². The highest BCUT2D eigenvalue weighted by Crippen LogP contribution is 2.37. The summed E-state index contributed by atoms with van der Waals surface area (Å²) < 4.78 is 11.4. The lowest BCUT2D eigenvalue weighted by molar-refractivity contribution is -0.217. The zero-order valence-corrected chi connectivity index (χ0v) is 21.3. The van der Waals surface area contributed by atoms with Gasteiger partial charge in [0.2, 0.25) is 0 Å². The van der Waals surface area contributed by atoms with Crippen LogP contribution in [0.4, 0.5) is 0 Å². The van der Waals surface area contributed by atoms with E-state index in [1.807, 2.05) is 55.4 Å². The number of hydroxylamine groups is 4. The van der Waals surface area contributed by atoms with Crippen molar-refractivity contribution in [3.05, 3.63) is 59.1 Å². The molecule has 0 saturated carbocycles. The van der Waals surface area contributed by atoms with Crippen molar-refractivity contribution in [2.24, 2.45) is 0 Å². The van der Waals surface area contributed by atoms with Gasteiger partial charge < -0.3 is 19.9 Å². The van der Waals surface area contributed by atoms with Crippen molar-refractivity contribution < 1.29 is 29.5 Å².